The van der Waals surface area contributed by atoms with E-state index in [2.05, 4.69) is 52.5 Å². The molecule has 0 saturated carbocycles. The van der Waals surface area contributed by atoms with Gasteiger partial charge in [0.05, 0.1) is 19.1 Å². The standard InChI is InChI=1S/C23H21N3O2/c1-26-13-19(16-6-5-15-9-11-28-22(15)12-16)17-7-8-18(21-4-3-10-24-25-21)23(27-2)20(17)14-26/h3-12,19H,13-14H2,1-2H3. The van der Waals surface area contributed by atoms with Crippen LogP contribution >= 0.6 is 0 Å². The summed E-state index contributed by atoms with van der Waals surface area (Å²) in [7, 11) is 3.88. The van der Waals surface area contributed by atoms with Crippen LogP contribution in [0.25, 0.3) is 22.2 Å². The van der Waals surface area contributed by atoms with Crippen molar-refractivity contribution in [2.24, 2.45) is 0 Å². The van der Waals surface area contributed by atoms with Gasteiger partial charge in [0.25, 0.3) is 0 Å². The van der Waals surface area contributed by atoms with Crippen LogP contribution in [0.2, 0.25) is 0 Å². The third-order valence-corrected chi connectivity index (χ3v) is 5.53. The van der Waals surface area contributed by atoms with Gasteiger partial charge in [0, 0.05) is 41.7 Å². The van der Waals surface area contributed by atoms with Crippen LogP contribution in [0.1, 0.15) is 22.6 Å². The third-order valence-electron chi connectivity index (χ3n) is 5.53. The zero-order valence-corrected chi connectivity index (χ0v) is 15.9. The van der Waals surface area contributed by atoms with Gasteiger partial charge in [-0.3, -0.25) is 0 Å². The summed E-state index contributed by atoms with van der Waals surface area (Å²) >= 11 is 0. The van der Waals surface area contributed by atoms with Crippen LogP contribution in [0.3, 0.4) is 0 Å². The third kappa shape index (κ3) is 2.75. The van der Waals surface area contributed by atoms with E-state index in [1.807, 2.05) is 18.2 Å². The number of nitrogens with zero attached hydrogens (tertiary/aromatic N) is 3. The fourth-order valence-electron chi connectivity index (χ4n) is 4.23. The van der Waals surface area contributed by atoms with Crippen molar-refractivity contribution < 1.29 is 9.15 Å². The summed E-state index contributed by atoms with van der Waals surface area (Å²) in [6.07, 6.45) is 3.43. The van der Waals surface area contributed by atoms with Crippen molar-refractivity contribution in [2.75, 3.05) is 20.7 Å². The second-order valence-corrected chi connectivity index (χ2v) is 7.29. The zero-order chi connectivity index (χ0) is 19.1. The number of ether oxygens (including phenoxy) is 1. The van der Waals surface area contributed by atoms with Gasteiger partial charge in [-0.05, 0) is 48.5 Å². The number of hydrogen-bond donors (Lipinski definition) is 0. The smallest absolute Gasteiger partial charge is 0.134 e. The molecule has 2 aromatic heterocycles. The highest BCUT2D eigenvalue weighted by Gasteiger charge is 2.29. The molecule has 1 aliphatic rings. The summed E-state index contributed by atoms with van der Waals surface area (Å²) in [5.41, 5.74) is 6.49. The van der Waals surface area contributed by atoms with Gasteiger partial charge in [0.15, 0.2) is 0 Å². The maximum absolute atomic E-state index is 5.88. The first-order valence-electron chi connectivity index (χ1n) is 9.38. The van der Waals surface area contributed by atoms with E-state index in [0.29, 0.717) is 0 Å². The van der Waals surface area contributed by atoms with E-state index in [9.17, 15) is 0 Å². The Morgan fingerprint density at radius 3 is 2.89 bits per heavy atom. The lowest BCUT2D eigenvalue weighted by atomic mass is 9.83. The van der Waals surface area contributed by atoms with Gasteiger partial charge in [0.2, 0.25) is 0 Å². The average Bonchev–Trinajstić information content (AvgIpc) is 3.20. The summed E-state index contributed by atoms with van der Waals surface area (Å²) in [6, 6.07) is 16.7. The summed E-state index contributed by atoms with van der Waals surface area (Å²) in [4.78, 5) is 2.34. The average molecular weight is 371 g/mol. The highest BCUT2D eigenvalue weighted by atomic mass is 16.5. The Kier molecular flexibility index (Phi) is 4.10. The van der Waals surface area contributed by atoms with E-state index < -0.39 is 0 Å². The molecule has 5 heteroatoms. The van der Waals surface area contributed by atoms with Crippen LogP contribution in [0, 0.1) is 0 Å². The molecule has 1 aliphatic heterocycles. The van der Waals surface area contributed by atoms with E-state index in [4.69, 9.17) is 9.15 Å². The van der Waals surface area contributed by atoms with Crippen molar-refractivity contribution in [3.8, 4) is 17.0 Å². The molecule has 0 saturated heterocycles. The van der Waals surface area contributed by atoms with Crippen LogP contribution in [0.15, 0.2) is 65.4 Å². The Labute approximate surface area is 163 Å². The molecule has 0 radical (unpaired) electrons. The van der Waals surface area contributed by atoms with E-state index in [-0.39, 0.29) is 5.92 Å². The first-order chi connectivity index (χ1) is 13.7. The number of rotatable bonds is 3. The quantitative estimate of drug-likeness (QED) is 0.532. The summed E-state index contributed by atoms with van der Waals surface area (Å²) in [6.45, 7) is 1.79. The molecule has 3 heterocycles. The van der Waals surface area contributed by atoms with Crippen LogP contribution in [-0.2, 0) is 6.54 Å². The number of fused-ring (bicyclic) bond motifs is 2. The first-order valence-corrected chi connectivity index (χ1v) is 9.38. The second-order valence-electron chi connectivity index (χ2n) is 7.29. The number of hydrogen-bond acceptors (Lipinski definition) is 5. The molecule has 4 aromatic rings. The lowest BCUT2D eigenvalue weighted by molar-refractivity contribution is 0.286. The summed E-state index contributed by atoms with van der Waals surface area (Å²) in [5.74, 6) is 1.14. The van der Waals surface area contributed by atoms with Gasteiger partial charge in [-0.25, -0.2) is 0 Å². The highest BCUT2D eigenvalue weighted by molar-refractivity contribution is 5.78. The summed E-state index contributed by atoms with van der Waals surface area (Å²) < 4.78 is 11.5. The van der Waals surface area contributed by atoms with Crippen molar-refractivity contribution in [3.05, 3.63) is 77.7 Å². The molecule has 2 aromatic carbocycles. The zero-order valence-electron chi connectivity index (χ0n) is 15.9. The van der Waals surface area contributed by atoms with Gasteiger partial charge in [-0.2, -0.15) is 10.2 Å². The topological polar surface area (TPSA) is 51.4 Å². The molecule has 0 N–H and O–H groups in total. The SMILES string of the molecule is COc1c(-c2cccnn2)ccc2c1CN(C)CC2c1ccc2ccoc2c1. The van der Waals surface area contributed by atoms with E-state index >= 15 is 0 Å². The lowest BCUT2D eigenvalue weighted by Gasteiger charge is -2.34. The van der Waals surface area contributed by atoms with Crippen molar-refractivity contribution in [2.45, 2.75) is 12.5 Å². The minimum absolute atomic E-state index is 0.257. The lowest BCUT2D eigenvalue weighted by Crippen LogP contribution is -2.31. The molecule has 1 unspecified atom stereocenters. The van der Waals surface area contributed by atoms with Crippen LogP contribution in [0.4, 0.5) is 0 Å². The minimum Gasteiger partial charge on any atom is -0.496 e. The van der Waals surface area contributed by atoms with Crippen molar-refractivity contribution in [1.82, 2.24) is 15.1 Å². The van der Waals surface area contributed by atoms with E-state index in [0.717, 1.165) is 41.1 Å². The normalized spacial score (nSPS) is 16.9. The molecular formula is C23H21N3O2. The monoisotopic (exact) mass is 371 g/mol. The number of benzene rings is 2. The molecule has 1 atom stereocenters. The molecule has 140 valence electrons. The van der Waals surface area contributed by atoms with E-state index in [1.165, 1.54) is 16.7 Å². The molecule has 5 rings (SSSR count). The van der Waals surface area contributed by atoms with E-state index in [1.54, 1.807) is 19.6 Å². The predicted octanol–water partition coefficient (Wildman–Crippen LogP) is 4.48. The van der Waals surface area contributed by atoms with Gasteiger partial charge < -0.3 is 14.1 Å². The van der Waals surface area contributed by atoms with Crippen LogP contribution in [-0.4, -0.2) is 35.8 Å². The molecule has 0 aliphatic carbocycles. The van der Waals surface area contributed by atoms with Crippen molar-refractivity contribution in [3.63, 3.8) is 0 Å². The number of likely N-dealkylation sites (N-methyl/N-ethyl adjacent to an activating group) is 1. The fourth-order valence-corrected chi connectivity index (χ4v) is 4.23. The summed E-state index contributed by atoms with van der Waals surface area (Å²) in [5, 5.41) is 9.43. The van der Waals surface area contributed by atoms with Gasteiger partial charge in [0.1, 0.15) is 11.3 Å². The van der Waals surface area contributed by atoms with Gasteiger partial charge >= 0.3 is 0 Å². The molecular weight excluding hydrogens is 350 g/mol. The number of methoxy groups -OCH3 is 1. The Bertz CT molecular complexity index is 1140. The Balaban J connectivity index is 1.66. The molecule has 0 fully saturated rings. The number of furan rings is 1. The Morgan fingerprint density at radius 1 is 1.14 bits per heavy atom. The van der Waals surface area contributed by atoms with Gasteiger partial charge in [-0.1, -0.05) is 18.2 Å². The van der Waals surface area contributed by atoms with Crippen molar-refractivity contribution >= 4 is 11.0 Å². The van der Waals surface area contributed by atoms with Gasteiger partial charge in [-0.15, -0.1) is 0 Å². The van der Waals surface area contributed by atoms with Crippen molar-refractivity contribution in [1.29, 1.82) is 0 Å². The number of aromatic nitrogens is 2. The molecule has 28 heavy (non-hydrogen) atoms. The molecule has 0 amide bonds. The largest absolute Gasteiger partial charge is 0.496 e. The predicted molar refractivity (Wildman–Crippen MR) is 108 cm³/mol. The highest BCUT2D eigenvalue weighted by Crippen LogP contribution is 2.42. The minimum atomic E-state index is 0.257. The second kappa shape index (κ2) is 6.77. The maximum Gasteiger partial charge on any atom is 0.134 e. The Hall–Kier alpha value is -3.18. The van der Waals surface area contributed by atoms with Crippen LogP contribution < -0.4 is 4.74 Å². The first kappa shape index (κ1) is 17.0. The van der Waals surface area contributed by atoms with Crippen LogP contribution in [0.5, 0.6) is 5.75 Å². The maximum atomic E-state index is 5.88. The molecule has 0 spiro atoms. The molecule has 0 bridgehead atoms. The Morgan fingerprint density at radius 2 is 2.07 bits per heavy atom. The molecule has 5 nitrogen and oxygen atoms in total. The fraction of sp³-hybridized carbons (Fsp3) is 0.217.